The minimum Gasteiger partial charge on any atom is -0.493 e. The van der Waals surface area contributed by atoms with Gasteiger partial charge in [-0.15, -0.1) is 24.2 Å². The van der Waals surface area contributed by atoms with Crippen molar-refractivity contribution in [3.05, 3.63) is 17.7 Å². The van der Waals surface area contributed by atoms with Gasteiger partial charge in [-0.3, -0.25) is 4.79 Å². The molecule has 7 heteroatoms. The number of ether oxygens (including phenoxy) is 2. The minimum atomic E-state index is -0.483. The monoisotopic (exact) mass is 362 g/mol. The van der Waals surface area contributed by atoms with Crippen molar-refractivity contribution in [3.63, 3.8) is 0 Å². The van der Waals surface area contributed by atoms with Crippen LogP contribution < -0.4 is 15.2 Å². The molecule has 0 aliphatic carbocycles. The Balaban J connectivity index is 0.00000484. The molecule has 1 rings (SSSR count). The molecule has 1 amide bonds. The number of amides is 1. The number of likely N-dealkylation sites (N-methyl/N-ethyl adjacent to an activating group) is 1. The van der Waals surface area contributed by atoms with Crippen LogP contribution in [0.2, 0.25) is 0 Å². The van der Waals surface area contributed by atoms with Crippen LogP contribution in [0.1, 0.15) is 19.4 Å². The van der Waals surface area contributed by atoms with E-state index in [0.717, 1.165) is 10.5 Å². The third-order valence-electron chi connectivity index (χ3n) is 3.57. The van der Waals surface area contributed by atoms with Crippen molar-refractivity contribution >= 4 is 30.1 Å². The fraction of sp³-hybridized carbons (Fsp3) is 0.562. The summed E-state index contributed by atoms with van der Waals surface area (Å²) in [6.07, 6.45) is 1.99. The van der Waals surface area contributed by atoms with E-state index in [-0.39, 0.29) is 24.2 Å². The summed E-state index contributed by atoms with van der Waals surface area (Å²) in [7, 11) is 4.98. The van der Waals surface area contributed by atoms with Gasteiger partial charge in [-0.05, 0) is 29.9 Å². The Morgan fingerprint density at radius 2 is 1.78 bits per heavy atom. The molecule has 0 saturated carbocycles. The molecule has 0 saturated heterocycles. The van der Waals surface area contributed by atoms with Gasteiger partial charge in [0.1, 0.15) is 0 Å². The highest BCUT2D eigenvalue weighted by atomic mass is 35.5. The average Bonchev–Trinajstić information content (AvgIpc) is 2.52. The van der Waals surface area contributed by atoms with Gasteiger partial charge in [0.2, 0.25) is 5.91 Å². The maximum absolute atomic E-state index is 12.3. The summed E-state index contributed by atoms with van der Waals surface area (Å²) in [6.45, 7) is 4.37. The molecular weight excluding hydrogens is 336 g/mol. The topological polar surface area (TPSA) is 64.8 Å². The highest BCUT2D eigenvalue weighted by Crippen LogP contribution is 2.35. The van der Waals surface area contributed by atoms with E-state index >= 15 is 0 Å². The quantitative estimate of drug-likeness (QED) is 0.755. The first-order valence-corrected chi connectivity index (χ1v) is 8.37. The molecule has 0 aliphatic rings. The number of carbonyl (C=O) groups is 1. The molecule has 0 fully saturated rings. The number of thioether (sulfide) groups is 1. The van der Waals surface area contributed by atoms with Gasteiger partial charge >= 0.3 is 0 Å². The Hall–Kier alpha value is -1.11. The smallest absolute Gasteiger partial charge is 0.239 e. The molecule has 0 aliphatic heterocycles. The third kappa shape index (κ3) is 5.48. The normalized spacial score (nSPS) is 11.7. The van der Waals surface area contributed by atoms with Crippen LogP contribution in [0.4, 0.5) is 0 Å². The number of carbonyl (C=O) groups excluding carboxylic acids is 1. The predicted molar refractivity (Wildman–Crippen MR) is 97.9 cm³/mol. The van der Waals surface area contributed by atoms with Crippen LogP contribution >= 0.6 is 24.2 Å². The number of nitrogens with two attached hydrogens (primary N) is 1. The zero-order valence-corrected chi connectivity index (χ0v) is 16.2. The van der Waals surface area contributed by atoms with E-state index < -0.39 is 6.04 Å². The van der Waals surface area contributed by atoms with Gasteiger partial charge in [0.05, 0.1) is 20.3 Å². The molecule has 0 spiro atoms. The highest BCUT2D eigenvalue weighted by Gasteiger charge is 2.22. The molecule has 0 unspecified atom stereocenters. The number of rotatable bonds is 7. The number of halogens is 1. The standard InChI is InChI=1S/C16H26N2O3S.ClH/c1-10(2)15(17)16(19)18(3)9-11-7-12(20-4)13(21-5)8-14(11)22-6;/h7-8,10,15H,9,17H2,1-6H3;1H/t15-;/m0./s1. The fourth-order valence-electron chi connectivity index (χ4n) is 2.09. The molecule has 1 aromatic carbocycles. The van der Waals surface area contributed by atoms with Crippen LogP contribution in [0.15, 0.2) is 17.0 Å². The Morgan fingerprint density at radius 3 is 2.22 bits per heavy atom. The second-order valence-electron chi connectivity index (χ2n) is 5.48. The van der Waals surface area contributed by atoms with Gasteiger partial charge in [0.15, 0.2) is 11.5 Å². The van der Waals surface area contributed by atoms with Crippen LogP contribution in [0.3, 0.4) is 0 Å². The van der Waals surface area contributed by atoms with Gasteiger partial charge in [-0.1, -0.05) is 13.8 Å². The molecule has 0 aromatic heterocycles. The van der Waals surface area contributed by atoms with Gasteiger partial charge in [0, 0.05) is 18.5 Å². The maximum atomic E-state index is 12.3. The first kappa shape index (κ1) is 21.9. The van der Waals surface area contributed by atoms with E-state index in [0.29, 0.717) is 18.0 Å². The van der Waals surface area contributed by atoms with Crippen molar-refractivity contribution in [2.75, 3.05) is 27.5 Å². The number of nitrogens with zero attached hydrogens (tertiary/aromatic N) is 1. The molecule has 0 heterocycles. The summed E-state index contributed by atoms with van der Waals surface area (Å²) in [4.78, 5) is 15.0. The molecular formula is C16H27ClN2O3S. The second-order valence-corrected chi connectivity index (χ2v) is 6.33. The average molecular weight is 363 g/mol. The van der Waals surface area contributed by atoms with Crippen molar-refractivity contribution in [1.29, 1.82) is 0 Å². The predicted octanol–water partition coefficient (Wildman–Crippen LogP) is 2.79. The minimum absolute atomic E-state index is 0. The van der Waals surface area contributed by atoms with Crippen LogP contribution in [-0.4, -0.2) is 44.4 Å². The summed E-state index contributed by atoms with van der Waals surface area (Å²) in [5.41, 5.74) is 6.96. The lowest BCUT2D eigenvalue weighted by molar-refractivity contribution is -0.132. The zero-order valence-electron chi connectivity index (χ0n) is 14.6. The summed E-state index contributed by atoms with van der Waals surface area (Å²) >= 11 is 1.61. The van der Waals surface area contributed by atoms with E-state index in [2.05, 4.69) is 0 Å². The van der Waals surface area contributed by atoms with Crippen LogP contribution in [-0.2, 0) is 11.3 Å². The Kier molecular flexibility index (Phi) is 9.42. The van der Waals surface area contributed by atoms with Crippen molar-refractivity contribution in [1.82, 2.24) is 4.90 Å². The Bertz CT molecular complexity index is 526. The lowest BCUT2D eigenvalue weighted by Gasteiger charge is -2.24. The maximum Gasteiger partial charge on any atom is 0.239 e. The first-order valence-electron chi connectivity index (χ1n) is 7.15. The van der Waals surface area contributed by atoms with Crippen molar-refractivity contribution in [2.24, 2.45) is 11.7 Å². The van der Waals surface area contributed by atoms with Crippen molar-refractivity contribution < 1.29 is 14.3 Å². The van der Waals surface area contributed by atoms with E-state index in [4.69, 9.17) is 15.2 Å². The molecule has 23 heavy (non-hydrogen) atoms. The Morgan fingerprint density at radius 1 is 1.26 bits per heavy atom. The van der Waals surface area contributed by atoms with Gasteiger partial charge < -0.3 is 20.1 Å². The molecule has 0 bridgehead atoms. The summed E-state index contributed by atoms with van der Waals surface area (Å²) in [5, 5.41) is 0. The molecule has 132 valence electrons. The van der Waals surface area contributed by atoms with Crippen LogP contribution in [0.5, 0.6) is 11.5 Å². The van der Waals surface area contributed by atoms with Gasteiger partial charge in [-0.25, -0.2) is 0 Å². The lowest BCUT2D eigenvalue weighted by Crippen LogP contribution is -2.44. The van der Waals surface area contributed by atoms with Gasteiger partial charge in [-0.2, -0.15) is 0 Å². The molecule has 5 nitrogen and oxygen atoms in total. The highest BCUT2D eigenvalue weighted by molar-refractivity contribution is 7.98. The molecule has 0 radical (unpaired) electrons. The SMILES string of the molecule is COc1cc(CN(C)C(=O)[C@@H](N)C(C)C)c(SC)cc1OC.Cl. The van der Waals surface area contributed by atoms with E-state index in [9.17, 15) is 4.79 Å². The number of hydrogen-bond acceptors (Lipinski definition) is 5. The van der Waals surface area contributed by atoms with Crippen molar-refractivity contribution in [2.45, 2.75) is 31.3 Å². The van der Waals surface area contributed by atoms with E-state index in [1.807, 2.05) is 32.2 Å². The van der Waals surface area contributed by atoms with Crippen LogP contribution in [0.25, 0.3) is 0 Å². The molecule has 2 N–H and O–H groups in total. The summed E-state index contributed by atoms with van der Waals surface area (Å²) < 4.78 is 10.7. The summed E-state index contributed by atoms with van der Waals surface area (Å²) in [6, 6.07) is 3.36. The number of hydrogen-bond donors (Lipinski definition) is 1. The fourth-order valence-corrected chi connectivity index (χ4v) is 2.70. The van der Waals surface area contributed by atoms with E-state index in [1.54, 1.807) is 37.9 Å². The zero-order chi connectivity index (χ0) is 16.9. The second kappa shape index (κ2) is 9.90. The van der Waals surface area contributed by atoms with Gasteiger partial charge in [0.25, 0.3) is 0 Å². The molecule has 1 aromatic rings. The first-order chi connectivity index (χ1) is 10.3. The number of benzene rings is 1. The van der Waals surface area contributed by atoms with Crippen molar-refractivity contribution in [3.8, 4) is 11.5 Å². The largest absolute Gasteiger partial charge is 0.493 e. The van der Waals surface area contributed by atoms with Crippen LogP contribution in [0, 0.1) is 5.92 Å². The number of methoxy groups -OCH3 is 2. The summed E-state index contributed by atoms with van der Waals surface area (Å²) in [5.74, 6) is 1.39. The third-order valence-corrected chi connectivity index (χ3v) is 4.39. The molecule has 1 atom stereocenters. The lowest BCUT2D eigenvalue weighted by atomic mass is 10.0. The van der Waals surface area contributed by atoms with E-state index in [1.165, 1.54) is 0 Å². The Labute approximate surface area is 149 Å².